The van der Waals surface area contributed by atoms with Crippen molar-refractivity contribution in [2.45, 2.75) is 11.0 Å². The highest BCUT2D eigenvalue weighted by atomic mass is 32.2. The number of alkyl halides is 6. The Labute approximate surface area is 134 Å². The molecule has 0 amide bonds. The van der Waals surface area contributed by atoms with E-state index in [1.165, 1.54) is 0 Å². The predicted molar refractivity (Wildman–Crippen MR) is 62.0 cm³/mol. The van der Waals surface area contributed by atoms with Gasteiger partial charge in [0.05, 0.1) is 5.97 Å². The molecule has 0 heterocycles. The lowest BCUT2D eigenvalue weighted by molar-refractivity contribution is -0.255. The zero-order chi connectivity index (χ0) is 19.8. The van der Waals surface area contributed by atoms with Gasteiger partial charge < -0.3 is 18.3 Å². The molecule has 0 saturated heterocycles. The van der Waals surface area contributed by atoms with Gasteiger partial charge in [0.15, 0.2) is 5.75 Å². The average Bonchev–Trinajstić information content (AvgIpc) is 2.36. The fourth-order valence-corrected chi connectivity index (χ4v) is 2.06. The van der Waals surface area contributed by atoms with Crippen molar-refractivity contribution in [3.05, 3.63) is 23.8 Å². The lowest BCUT2D eigenvalue weighted by atomic mass is 10.2. The molecule has 0 fully saturated rings. The number of hydrogen-bond acceptors (Lipinski definition) is 8. The lowest BCUT2D eigenvalue weighted by Crippen LogP contribution is -2.30. The molecule has 0 radical (unpaired) electrons. The monoisotopic (exact) mass is 417 g/mol. The molecule has 16 heteroatoms. The Hall–Kier alpha value is -2.23. The van der Waals surface area contributed by atoms with Gasteiger partial charge in [-0.15, -0.1) is 0 Å². The summed E-state index contributed by atoms with van der Waals surface area (Å²) in [5.41, 5.74) is -13.3. The molecule has 0 aliphatic rings. The van der Waals surface area contributed by atoms with Gasteiger partial charge in [0.1, 0.15) is 5.75 Å². The van der Waals surface area contributed by atoms with E-state index in [1.807, 2.05) is 0 Å². The second-order valence-corrected chi connectivity index (χ2v) is 6.99. The van der Waals surface area contributed by atoms with Gasteiger partial charge in [-0.3, -0.25) is 0 Å². The molecule has 0 bridgehead atoms. The summed E-state index contributed by atoms with van der Waals surface area (Å²) in [5, 5.41) is 10.8. The van der Waals surface area contributed by atoms with E-state index in [1.54, 1.807) is 0 Å². The molecule has 1 aromatic carbocycles. The quantitative estimate of drug-likeness (QED) is 0.385. The van der Waals surface area contributed by atoms with E-state index in [-0.39, 0.29) is 18.2 Å². The minimum Gasteiger partial charge on any atom is -0.545 e. The molecule has 0 atom stereocenters. The fourth-order valence-electron chi connectivity index (χ4n) is 1.13. The van der Waals surface area contributed by atoms with E-state index >= 15 is 0 Å². The summed E-state index contributed by atoms with van der Waals surface area (Å²) in [6.07, 6.45) is 0. The summed E-state index contributed by atoms with van der Waals surface area (Å²) in [6.45, 7) is 0. The molecule has 1 rings (SSSR count). The van der Waals surface area contributed by atoms with Crippen molar-refractivity contribution in [1.29, 1.82) is 0 Å². The van der Waals surface area contributed by atoms with Crippen molar-refractivity contribution in [3.63, 3.8) is 0 Å². The Kier molecular flexibility index (Phi) is 5.20. The zero-order valence-electron chi connectivity index (χ0n) is 11.1. The number of hydrogen-bond donors (Lipinski definition) is 0. The molecule has 8 nitrogen and oxygen atoms in total. The Balaban J connectivity index is 3.33. The van der Waals surface area contributed by atoms with Crippen molar-refractivity contribution in [2.75, 3.05) is 0 Å². The lowest BCUT2D eigenvalue weighted by Gasteiger charge is -2.15. The molecule has 142 valence electrons. The van der Waals surface area contributed by atoms with E-state index in [2.05, 4.69) is 8.37 Å². The van der Waals surface area contributed by atoms with Gasteiger partial charge in [0.25, 0.3) is 0 Å². The van der Waals surface area contributed by atoms with Crippen molar-refractivity contribution < 1.29 is 61.4 Å². The third-order valence-corrected chi connectivity index (χ3v) is 4.09. The van der Waals surface area contributed by atoms with Crippen LogP contribution in [0.15, 0.2) is 18.2 Å². The van der Waals surface area contributed by atoms with Crippen LogP contribution in [0.3, 0.4) is 0 Å². The molecule has 0 unspecified atom stereocenters. The molecule has 25 heavy (non-hydrogen) atoms. The summed E-state index contributed by atoms with van der Waals surface area (Å²) >= 11 is 0. The van der Waals surface area contributed by atoms with Gasteiger partial charge in [0.2, 0.25) is 0 Å². The van der Waals surface area contributed by atoms with Crippen molar-refractivity contribution >= 4 is 26.2 Å². The Morgan fingerprint density at radius 2 is 1.32 bits per heavy atom. The zero-order valence-corrected chi connectivity index (χ0v) is 12.7. The predicted octanol–water partition coefficient (Wildman–Crippen LogP) is 0.507. The summed E-state index contributed by atoms with van der Waals surface area (Å²) in [5.74, 6) is -5.18. The Morgan fingerprint density at radius 1 is 0.880 bits per heavy atom. The molecular formula is C9H3F6O8S2-. The van der Waals surface area contributed by atoms with E-state index in [0.717, 1.165) is 0 Å². The number of carboxylic acid groups (broad SMARTS) is 1. The van der Waals surface area contributed by atoms with E-state index < -0.39 is 54.3 Å². The van der Waals surface area contributed by atoms with Crippen molar-refractivity contribution in [2.24, 2.45) is 0 Å². The van der Waals surface area contributed by atoms with Crippen LogP contribution in [0.1, 0.15) is 10.4 Å². The number of aromatic carboxylic acids is 1. The summed E-state index contributed by atoms with van der Waals surface area (Å²) in [6, 6.07) is 0.340. The number of benzene rings is 1. The molecule has 0 aliphatic heterocycles. The van der Waals surface area contributed by atoms with Gasteiger partial charge in [-0.05, 0) is 18.2 Å². The first-order valence-corrected chi connectivity index (χ1v) is 8.16. The first kappa shape index (κ1) is 20.8. The van der Waals surface area contributed by atoms with Gasteiger partial charge in [0, 0.05) is 5.56 Å². The van der Waals surface area contributed by atoms with Crippen LogP contribution in [0.5, 0.6) is 11.5 Å². The largest absolute Gasteiger partial charge is 0.545 e. The van der Waals surface area contributed by atoms with E-state index in [4.69, 9.17) is 0 Å². The van der Waals surface area contributed by atoms with Crippen molar-refractivity contribution in [1.82, 2.24) is 0 Å². The maximum atomic E-state index is 12.2. The van der Waals surface area contributed by atoms with Crippen LogP contribution in [-0.2, 0) is 20.2 Å². The summed E-state index contributed by atoms with van der Waals surface area (Å²) in [7, 11) is -12.5. The number of carbonyl (C=O) groups excluding carboxylic acids is 1. The van der Waals surface area contributed by atoms with Crippen LogP contribution in [0.4, 0.5) is 26.3 Å². The number of halogens is 6. The first-order chi connectivity index (χ1) is 11.0. The molecule has 1 aromatic rings. The van der Waals surface area contributed by atoms with E-state index in [9.17, 15) is 53.1 Å². The maximum absolute atomic E-state index is 12.2. The molecular weight excluding hydrogens is 414 g/mol. The summed E-state index contributed by atoms with van der Waals surface area (Å²) < 4.78 is 123. The van der Waals surface area contributed by atoms with Crippen molar-refractivity contribution in [3.8, 4) is 11.5 Å². The van der Waals surface area contributed by atoms with Crippen LogP contribution in [0.25, 0.3) is 0 Å². The second-order valence-electron chi connectivity index (χ2n) is 3.91. The molecule has 0 N–H and O–H groups in total. The Bertz CT molecular complexity index is 884. The number of carboxylic acids is 1. The van der Waals surface area contributed by atoms with Gasteiger partial charge >= 0.3 is 31.3 Å². The highest BCUT2D eigenvalue weighted by Crippen LogP contribution is 2.32. The second kappa shape index (κ2) is 6.25. The molecule has 0 spiro atoms. The summed E-state index contributed by atoms with van der Waals surface area (Å²) in [4.78, 5) is 10.8. The fraction of sp³-hybridized carbons (Fsp3) is 0.222. The normalized spacial score (nSPS) is 13.4. The minimum atomic E-state index is -6.31. The number of carbonyl (C=O) groups is 1. The molecule has 0 saturated carbocycles. The SMILES string of the molecule is O=C([O-])c1cc(OS(=O)(=O)C(F)(F)F)ccc1OS(=O)(=O)C(F)(F)F. The topological polar surface area (TPSA) is 127 Å². The minimum absolute atomic E-state index is 0.0279. The highest BCUT2D eigenvalue weighted by Gasteiger charge is 2.49. The third kappa shape index (κ3) is 4.65. The maximum Gasteiger partial charge on any atom is 0.534 e. The molecule has 0 aromatic heterocycles. The van der Waals surface area contributed by atoms with Crippen LogP contribution in [0, 0.1) is 0 Å². The Morgan fingerprint density at radius 3 is 1.72 bits per heavy atom. The van der Waals surface area contributed by atoms with Crippen LogP contribution >= 0.6 is 0 Å². The van der Waals surface area contributed by atoms with Crippen LogP contribution in [-0.4, -0.2) is 33.8 Å². The number of rotatable bonds is 5. The standard InChI is InChI=1S/C9H4F6O8S2/c10-8(11,12)24(18,19)22-4-1-2-6(5(3-4)7(16)17)23-25(20,21)9(13,14)15/h1-3H,(H,16,17)/p-1. The molecule has 0 aliphatic carbocycles. The van der Waals surface area contributed by atoms with Gasteiger partial charge in [-0.25, -0.2) is 0 Å². The average molecular weight is 417 g/mol. The van der Waals surface area contributed by atoms with Gasteiger partial charge in [-0.1, -0.05) is 0 Å². The van der Waals surface area contributed by atoms with E-state index in [0.29, 0.717) is 0 Å². The van der Waals surface area contributed by atoms with Crippen LogP contribution < -0.4 is 13.5 Å². The van der Waals surface area contributed by atoms with Crippen LogP contribution in [0.2, 0.25) is 0 Å². The third-order valence-electron chi connectivity index (χ3n) is 2.14. The smallest absolute Gasteiger partial charge is 0.534 e. The first-order valence-electron chi connectivity index (χ1n) is 5.35. The highest BCUT2D eigenvalue weighted by molar-refractivity contribution is 7.88. The van der Waals surface area contributed by atoms with Gasteiger partial charge in [-0.2, -0.15) is 43.2 Å².